The molecule has 0 aliphatic rings. The highest BCUT2D eigenvalue weighted by molar-refractivity contribution is 6.22. The maximum absolute atomic E-state index is 11.6. The second-order valence-corrected chi connectivity index (χ2v) is 3.80. The highest BCUT2D eigenvalue weighted by Gasteiger charge is 2.24. The molecular formula is C8H11Cl2N3O. The lowest BCUT2D eigenvalue weighted by atomic mass is 10.1. The lowest BCUT2D eigenvalue weighted by Crippen LogP contribution is -2.49. The minimum absolute atomic E-state index is 0.234. The first kappa shape index (κ1) is 11.3. The van der Waals surface area contributed by atoms with Crippen LogP contribution in [0, 0.1) is 0 Å². The van der Waals surface area contributed by atoms with E-state index in [0.717, 1.165) is 0 Å². The normalized spacial score (nSPS) is 11.4. The van der Waals surface area contributed by atoms with E-state index in [2.05, 4.69) is 15.5 Å². The first-order chi connectivity index (χ1) is 6.61. The number of halogens is 2. The Morgan fingerprint density at radius 1 is 1.64 bits per heavy atom. The van der Waals surface area contributed by atoms with E-state index < -0.39 is 5.54 Å². The van der Waals surface area contributed by atoms with Crippen molar-refractivity contribution in [1.82, 2.24) is 15.5 Å². The summed E-state index contributed by atoms with van der Waals surface area (Å²) in [6, 6.07) is 0. The minimum Gasteiger partial charge on any atom is -0.344 e. The van der Waals surface area contributed by atoms with Crippen molar-refractivity contribution >= 4 is 29.1 Å². The zero-order chi connectivity index (χ0) is 10.6. The van der Waals surface area contributed by atoms with Crippen molar-refractivity contribution < 1.29 is 4.79 Å². The van der Waals surface area contributed by atoms with E-state index in [4.69, 9.17) is 23.2 Å². The Hall–Kier alpha value is -0.740. The van der Waals surface area contributed by atoms with Crippen LogP contribution in [0.1, 0.15) is 17.3 Å². The van der Waals surface area contributed by atoms with E-state index in [9.17, 15) is 4.79 Å². The average Bonchev–Trinajstić information content (AvgIpc) is 2.70. The molecule has 0 radical (unpaired) electrons. The van der Waals surface area contributed by atoms with Gasteiger partial charge in [0.15, 0.2) is 0 Å². The summed E-state index contributed by atoms with van der Waals surface area (Å²) in [6.45, 7) is 1.78. The van der Waals surface area contributed by atoms with Gasteiger partial charge >= 0.3 is 0 Å². The molecule has 2 N–H and O–H groups in total. The number of carbonyl (C=O) groups excluding carboxylic acids is 1. The van der Waals surface area contributed by atoms with Crippen molar-refractivity contribution in [3.8, 4) is 0 Å². The summed E-state index contributed by atoms with van der Waals surface area (Å²) in [5.41, 5.74) is -0.122. The lowest BCUT2D eigenvalue weighted by molar-refractivity contribution is 0.0921. The maximum atomic E-state index is 11.6. The van der Waals surface area contributed by atoms with Crippen LogP contribution in [-0.4, -0.2) is 33.4 Å². The number of aromatic nitrogens is 2. The number of amides is 1. The molecule has 14 heavy (non-hydrogen) atoms. The summed E-state index contributed by atoms with van der Waals surface area (Å²) in [5, 5.41) is 8.96. The molecule has 4 nitrogen and oxygen atoms in total. The quantitative estimate of drug-likeness (QED) is 0.776. The van der Waals surface area contributed by atoms with Gasteiger partial charge < -0.3 is 5.32 Å². The van der Waals surface area contributed by atoms with Gasteiger partial charge in [-0.3, -0.25) is 9.89 Å². The van der Waals surface area contributed by atoms with Crippen LogP contribution in [0.5, 0.6) is 0 Å². The molecule has 0 aromatic carbocycles. The number of rotatable bonds is 4. The number of nitrogens with zero attached hydrogens (tertiary/aromatic N) is 1. The molecule has 0 unspecified atom stereocenters. The SMILES string of the molecule is CC(CCl)(CCl)NC(=O)c1cn[nH]c1. The Bertz CT molecular complexity index is 296. The van der Waals surface area contributed by atoms with Gasteiger partial charge in [-0.05, 0) is 6.92 Å². The Morgan fingerprint density at radius 3 is 2.71 bits per heavy atom. The van der Waals surface area contributed by atoms with Gasteiger partial charge in [-0.25, -0.2) is 0 Å². The van der Waals surface area contributed by atoms with E-state index >= 15 is 0 Å². The zero-order valence-corrected chi connectivity index (χ0v) is 9.19. The van der Waals surface area contributed by atoms with E-state index in [-0.39, 0.29) is 17.7 Å². The van der Waals surface area contributed by atoms with Crippen molar-refractivity contribution in [2.24, 2.45) is 0 Å². The van der Waals surface area contributed by atoms with Crippen molar-refractivity contribution in [1.29, 1.82) is 0 Å². The van der Waals surface area contributed by atoms with Gasteiger partial charge in [0, 0.05) is 18.0 Å². The molecule has 1 amide bonds. The third-order valence-electron chi connectivity index (χ3n) is 1.77. The molecule has 1 aromatic rings. The molecule has 1 aromatic heterocycles. The lowest BCUT2D eigenvalue weighted by Gasteiger charge is -2.25. The van der Waals surface area contributed by atoms with Crippen LogP contribution >= 0.6 is 23.2 Å². The minimum atomic E-state index is -0.586. The molecule has 1 heterocycles. The number of hydrogen-bond acceptors (Lipinski definition) is 2. The molecule has 0 fully saturated rings. The fraction of sp³-hybridized carbons (Fsp3) is 0.500. The number of aromatic amines is 1. The predicted molar refractivity (Wildman–Crippen MR) is 55.9 cm³/mol. The zero-order valence-electron chi connectivity index (χ0n) is 7.68. The maximum Gasteiger partial charge on any atom is 0.254 e. The summed E-state index contributed by atoms with van der Waals surface area (Å²) in [6.07, 6.45) is 2.95. The van der Waals surface area contributed by atoms with Gasteiger partial charge in [0.25, 0.3) is 5.91 Å². The molecule has 1 rings (SSSR count). The molecule has 0 atom stereocenters. The summed E-state index contributed by atoms with van der Waals surface area (Å²) >= 11 is 11.4. The molecule has 0 spiro atoms. The molecule has 0 aliphatic carbocycles. The third-order valence-corrected chi connectivity index (χ3v) is 2.95. The molecule has 6 heteroatoms. The highest BCUT2D eigenvalue weighted by Crippen LogP contribution is 2.10. The average molecular weight is 236 g/mol. The van der Waals surface area contributed by atoms with Gasteiger partial charge in [-0.1, -0.05) is 0 Å². The van der Waals surface area contributed by atoms with E-state index in [0.29, 0.717) is 5.56 Å². The first-order valence-electron chi connectivity index (χ1n) is 4.04. The molecular weight excluding hydrogens is 225 g/mol. The van der Waals surface area contributed by atoms with Gasteiger partial charge in [0.05, 0.1) is 17.3 Å². The van der Waals surface area contributed by atoms with Crippen LogP contribution in [0.3, 0.4) is 0 Å². The number of hydrogen-bond donors (Lipinski definition) is 2. The van der Waals surface area contributed by atoms with Crippen LogP contribution in [0.25, 0.3) is 0 Å². The Labute approximate surface area is 92.0 Å². The van der Waals surface area contributed by atoms with Crippen LogP contribution in [0.15, 0.2) is 12.4 Å². The van der Waals surface area contributed by atoms with Crippen molar-refractivity contribution in [3.05, 3.63) is 18.0 Å². The summed E-state index contributed by atoms with van der Waals surface area (Å²) < 4.78 is 0. The van der Waals surface area contributed by atoms with Gasteiger partial charge in [0.2, 0.25) is 0 Å². The smallest absolute Gasteiger partial charge is 0.254 e. The molecule has 0 saturated carbocycles. The van der Waals surface area contributed by atoms with E-state index in [1.165, 1.54) is 12.4 Å². The monoisotopic (exact) mass is 235 g/mol. The summed E-state index contributed by atoms with van der Waals surface area (Å²) in [7, 11) is 0. The molecule has 78 valence electrons. The molecule has 0 bridgehead atoms. The highest BCUT2D eigenvalue weighted by atomic mass is 35.5. The van der Waals surface area contributed by atoms with E-state index in [1.54, 1.807) is 6.92 Å². The van der Waals surface area contributed by atoms with Gasteiger partial charge in [-0.2, -0.15) is 5.10 Å². The van der Waals surface area contributed by atoms with E-state index in [1.807, 2.05) is 0 Å². The fourth-order valence-electron chi connectivity index (χ4n) is 0.824. The van der Waals surface area contributed by atoms with Gasteiger partial charge in [-0.15, -0.1) is 23.2 Å². The number of alkyl halides is 2. The standard InChI is InChI=1S/C8H11Cl2N3O/c1-8(4-9,5-10)13-7(14)6-2-11-12-3-6/h2-3H,4-5H2,1H3,(H,11,12)(H,13,14). The topological polar surface area (TPSA) is 57.8 Å². The van der Waals surface area contributed by atoms with Crippen molar-refractivity contribution in [2.45, 2.75) is 12.5 Å². The fourth-order valence-corrected chi connectivity index (χ4v) is 1.24. The van der Waals surface area contributed by atoms with Crippen molar-refractivity contribution in [2.75, 3.05) is 11.8 Å². The number of carbonyl (C=O) groups is 1. The second-order valence-electron chi connectivity index (χ2n) is 3.27. The second kappa shape index (κ2) is 4.66. The van der Waals surface area contributed by atoms with Crippen LogP contribution in [-0.2, 0) is 0 Å². The summed E-state index contributed by atoms with van der Waals surface area (Å²) in [5.74, 6) is 0.294. The number of nitrogens with one attached hydrogen (secondary N) is 2. The largest absolute Gasteiger partial charge is 0.344 e. The Balaban J connectivity index is 2.65. The Morgan fingerprint density at radius 2 is 2.29 bits per heavy atom. The van der Waals surface area contributed by atoms with Crippen LogP contribution in [0.4, 0.5) is 0 Å². The van der Waals surface area contributed by atoms with Gasteiger partial charge in [0.1, 0.15) is 0 Å². The third kappa shape index (κ3) is 2.62. The van der Waals surface area contributed by atoms with Crippen LogP contribution < -0.4 is 5.32 Å². The van der Waals surface area contributed by atoms with Crippen LogP contribution in [0.2, 0.25) is 0 Å². The summed E-state index contributed by atoms with van der Waals surface area (Å²) in [4.78, 5) is 11.6. The predicted octanol–water partition coefficient (Wildman–Crippen LogP) is 1.38. The first-order valence-corrected chi connectivity index (χ1v) is 5.11. The Kier molecular flexibility index (Phi) is 3.77. The van der Waals surface area contributed by atoms with Crippen molar-refractivity contribution in [3.63, 3.8) is 0 Å². The number of H-pyrrole nitrogens is 1. The molecule has 0 aliphatic heterocycles. The molecule has 0 saturated heterocycles.